The van der Waals surface area contributed by atoms with Gasteiger partial charge in [-0.25, -0.2) is 0 Å². The van der Waals surface area contributed by atoms with Gasteiger partial charge in [-0.05, 0) is 55.2 Å². The Kier molecular flexibility index (Phi) is 6.29. The molecule has 2 rings (SSSR count). The zero-order valence-electron chi connectivity index (χ0n) is 14.9. The van der Waals surface area contributed by atoms with Crippen molar-refractivity contribution in [3.05, 3.63) is 59.7 Å². The third-order valence-electron chi connectivity index (χ3n) is 4.23. The lowest BCUT2D eigenvalue weighted by Gasteiger charge is -2.19. The van der Waals surface area contributed by atoms with Crippen LogP contribution in [0.15, 0.2) is 48.5 Å². The minimum atomic E-state index is -4.40. The number of carbonyl (C=O) groups is 1. The number of hydrogen-bond donors (Lipinski definition) is 1. The molecule has 26 heavy (non-hydrogen) atoms. The highest BCUT2D eigenvalue weighted by Crippen LogP contribution is 2.30. The van der Waals surface area contributed by atoms with E-state index in [1.165, 1.54) is 12.1 Å². The van der Waals surface area contributed by atoms with E-state index in [9.17, 15) is 18.0 Å². The van der Waals surface area contributed by atoms with Gasteiger partial charge in [0.05, 0.1) is 5.56 Å². The molecule has 0 aliphatic carbocycles. The topological polar surface area (TPSA) is 38.3 Å². The second-order valence-electron chi connectivity index (χ2n) is 6.17. The van der Waals surface area contributed by atoms with E-state index in [4.69, 9.17) is 4.74 Å². The third-order valence-corrected chi connectivity index (χ3v) is 4.23. The largest absolute Gasteiger partial charge is 0.481 e. The Labute approximate surface area is 151 Å². The van der Waals surface area contributed by atoms with Crippen LogP contribution in [0.4, 0.5) is 18.9 Å². The van der Waals surface area contributed by atoms with Crippen LogP contribution in [0.5, 0.6) is 5.75 Å². The molecule has 0 fully saturated rings. The maximum atomic E-state index is 12.6. The molecule has 3 nitrogen and oxygen atoms in total. The zero-order valence-corrected chi connectivity index (χ0v) is 14.9. The molecule has 0 aliphatic heterocycles. The lowest BCUT2D eigenvalue weighted by Crippen LogP contribution is -2.30. The summed E-state index contributed by atoms with van der Waals surface area (Å²) in [6.45, 7) is 5.70. The molecular formula is C20H22F3NO2. The van der Waals surface area contributed by atoms with Crippen LogP contribution in [0.2, 0.25) is 0 Å². The smallest absolute Gasteiger partial charge is 0.416 e. The monoisotopic (exact) mass is 365 g/mol. The lowest BCUT2D eigenvalue weighted by atomic mass is 9.97. The summed E-state index contributed by atoms with van der Waals surface area (Å²) in [5, 5.41) is 2.84. The number of anilines is 1. The first kappa shape index (κ1) is 19.8. The molecule has 0 spiro atoms. The summed E-state index contributed by atoms with van der Waals surface area (Å²) in [5.74, 6) is 0.133. The van der Waals surface area contributed by atoms with E-state index in [0.29, 0.717) is 0 Å². The number of nitrogens with one attached hydrogen (secondary N) is 1. The van der Waals surface area contributed by atoms with Crippen LogP contribution in [0.1, 0.15) is 44.2 Å². The van der Waals surface area contributed by atoms with Gasteiger partial charge in [-0.2, -0.15) is 13.2 Å². The second kappa shape index (κ2) is 8.25. The highest BCUT2D eigenvalue weighted by atomic mass is 19.4. The van der Waals surface area contributed by atoms with Crippen LogP contribution < -0.4 is 10.1 Å². The van der Waals surface area contributed by atoms with Gasteiger partial charge < -0.3 is 10.1 Å². The molecule has 0 bridgehead atoms. The van der Waals surface area contributed by atoms with Gasteiger partial charge in [-0.3, -0.25) is 4.79 Å². The molecule has 1 amide bonds. The molecule has 1 N–H and O–H groups in total. The van der Waals surface area contributed by atoms with Crippen molar-refractivity contribution in [1.82, 2.24) is 0 Å². The summed E-state index contributed by atoms with van der Waals surface area (Å²) in [5.41, 5.74) is 0.990. The molecule has 0 radical (unpaired) electrons. The van der Waals surface area contributed by atoms with Crippen molar-refractivity contribution in [2.45, 2.75) is 45.4 Å². The Morgan fingerprint density at radius 1 is 1.08 bits per heavy atom. The van der Waals surface area contributed by atoms with E-state index in [2.05, 4.69) is 19.2 Å². The van der Waals surface area contributed by atoms with E-state index in [1.54, 1.807) is 6.92 Å². The molecule has 2 aromatic rings. The molecule has 0 saturated heterocycles. The third kappa shape index (κ3) is 5.00. The average molecular weight is 365 g/mol. The zero-order chi connectivity index (χ0) is 19.3. The highest BCUT2D eigenvalue weighted by Gasteiger charge is 2.30. The number of para-hydroxylation sites is 1. The maximum absolute atomic E-state index is 12.6. The molecule has 0 heterocycles. The van der Waals surface area contributed by atoms with E-state index in [-0.39, 0.29) is 17.6 Å². The summed E-state index contributed by atoms with van der Waals surface area (Å²) < 4.78 is 43.2. The summed E-state index contributed by atoms with van der Waals surface area (Å²) in [7, 11) is 0. The Morgan fingerprint density at radius 3 is 2.27 bits per heavy atom. The van der Waals surface area contributed by atoms with Crippen LogP contribution in [0.25, 0.3) is 0 Å². The molecule has 140 valence electrons. The number of ether oxygens (including phenoxy) is 1. The molecule has 0 saturated carbocycles. The number of hydrogen-bond acceptors (Lipinski definition) is 2. The standard InChI is InChI=1S/C20H22F3NO2/c1-4-13(2)17-7-5-6-8-18(17)24-19(25)14(3)26-16-11-9-15(10-12-16)20(21,22)23/h5-14H,4H2,1-3H3,(H,24,25)/t13-,14+/m0/s1. The van der Waals surface area contributed by atoms with E-state index < -0.39 is 17.8 Å². The first-order chi connectivity index (χ1) is 12.2. The Bertz CT molecular complexity index is 741. The van der Waals surface area contributed by atoms with Gasteiger partial charge >= 0.3 is 6.18 Å². The average Bonchev–Trinajstić information content (AvgIpc) is 2.61. The van der Waals surface area contributed by atoms with Crippen molar-refractivity contribution >= 4 is 11.6 Å². The molecule has 2 aromatic carbocycles. The van der Waals surface area contributed by atoms with E-state index >= 15 is 0 Å². The number of rotatable bonds is 6. The number of amides is 1. The quantitative estimate of drug-likeness (QED) is 0.721. The fourth-order valence-corrected chi connectivity index (χ4v) is 2.47. The van der Waals surface area contributed by atoms with Crippen LogP contribution in [0.3, 0.4) is 0 Å². The first-order valence-corrected chi connectivity index (χ1v) is 8.46. The van der Waals surface area contributed by atoms with Gasteiger partial charge in [-0.1, -0.05) is 32.0 Å². The Morgan fingerprint density at radius 2 is 1.69 bits per heavy atom. The number of benzene rings is 2. The molecule has 2 atom stereocenters. The molecule has 0 aromatic heterocycles. The number of halogens is 3. The number of alkyl halides is 3. The normalized spacial score (nSPS) is 13.8. The molecule has 0 aliphatic rings. The molecule has 6 heteroatoms. The second-order valence-corrected chi connectivity index (χ2v) is 6.17. The van der Waals surface area contributed by atoms with Crippen LogP contribution in [-0.2, 0) is 11.0 Å². The van der Waals surface area contributed by atoms with Gasteiger partial charge in [0.25, 0.3) is 5.91 Å². The SMILES string of the molecule is CC[C@H](C)c1ccccc1NC(=O)[C@@H](C)Oc1ccc(C(F)(F)F)cc1. The lowest BCUT2D eigenvalue weighted by molar-refractivity contribution is -0.137. The van der Waals surface area contributed by atoms with Gasteiger partial charge in [0.1, 0.15) is 5.75 Å². The Hall–Kier alpha value is -2.50. The van der Waals surface area contributed by atoms with Crippen molar-refractivity contribution in [1.29, 1.82) is 0 Å². The summed E-state index contributed by atoms with van der Waals surface area (Å²) in [6.07, 6.45) is -4.32. The predicted molar refractivity (Wildman–Crippen MR) is 95.3 cm³/mol. The minimum absolute atomic E-state index is 0.205. The van der Waals surface area contributed by atoms with Crippen molar-refractivity contribution in [2.75, 3.05) is 5.32 Å². The maximum Gasteiger partial charge on any atom is 0.416 e. The predicted octanol–water partition coefficient (Wildman–Crippen LogP) is 5.62. The van der Waals surface area contributed by atoms with Gasteiger partial charge in [0.15, 0.2) is 6.10 Å². The highest BCUT2D eigenvalue weighted by molar-refractivity contribution is 5.94. The minimum Gasteiger partial charge on any atom is -0.481 e. The van der Waals surface area contributed by atoms with Crippen molar-refractivity contribution in [3.8, 4) is 5.75 Å². The van der Waals surface area contributed by atoms with Gasteiger partial charge in [0, 0.05) is 5.69 Å². The fraction of sp³-hybridized carbons (Fsp3) is 0.350. The molecular weight excluding hydrogens is 343 g/mol. The fourth-order valence-electron chi connectivity index (χ4n) is 2.47. The number of carbonyl (C=O) groups excluding carboxylic acids is 1. The van der Waals surface area contributed by atoms with Gasteiger partial charge in [0.2, 0.25) is 0 Å². The summed E-state index contributed by atoms with van der Waals surface area (Å²) in [4.78, 5) is 12.4. The van der Waals surface area contributed by atoms with Crippen molar-refractivity contribution in [2.24, 2.45) is 0 Å². The van der Waals surface area contributed by atoms with E-state index in [0.717, 1.165) is 29.8 Å². The van der Waals surface area contributed by atoms with Crippen molar-refractivity contribution < 1.29 is 22.7 Å². The first-order valence-electron chi connectivity index (χ1n) is 8.46. The van der Waals surface area contributed by atoms with E-state index in [1.807, 2.05) is 24.3 Å². The van der Waals surface area contributed by atoms with Gasteiger partial charge in [-0.15, -0.1) is 0 Å². The van der Waals surface area contributed by atoms with Crippen LogP contribution in [-0.4, -0.2) is 12.0 Å². The summed E-state index contributed by atoms with van der Waals surface area (Å²) in [6, 6.07) is 11.8. The van der Waals surface area contributed by atoms with Crippen LogP contribution in [0, 0.1) is 0 Å². The molecule has 0 unspecified atom stereocenters. The Balaban J connectivity index is 2.04. The van der Waals surface area contributed by atoms with Crippen molar-refractivity contribution in [3.63, 3.8) is 0 Å². The summed E-state index contributed by atoms with van der Waals surface area (Å²) >= 11 is 0. The van der Waals surface area contributed by atoms with Crippen LogP contribution >= 0.6 is 0 Å².